The Bertz CT molecular complexity index is 716. The van der Waals surface area contributed by atoms with Crippen molar-refractivity contribution in [2.24, 2.45) is 0 Å². The lowest BCUT2D eigenvalue weighted by Gasteiger charge is -2.34. The van der Waals surface area contributed by atoms with E-state index in [1.807, 2.05) is 0 Å². The van der Waals surface area contributed by atoms with E-state index in [-0.39, 0.29) is 12.1 Å². The molecule has 172 valence electrons. The van der Waals surface area contributed by atoms with Crippen LogP contribution in [0.3, 0.4) is 0 Å². The van der Waals surface area contributed by atoms with Gasteiger partial charge in [0.1, 0.15) is 0 Å². The highest BCUT2D eigenvalue weighted by molar-refractivity contribution is 9.10. The van der Waals surface area contributed by atoms with Gasteiger partial charge in [-0.3, -0.25) is 0 Å². The highest BCUT2D eigenvalue weighted by Crippen LogP contribution is 2.28. The first kappa shape index (κ1) is 25.8. The van der Waals surface area contributed by atoms with Crippen molar-refractivity contribution >= 4 is 26.0 Å². The minimum Gasteiger partial charge on any atom is -0.378 e. The molecule has 1 aliphatic rings. The van der Waals surface area contributed by atoms with Crippen LogP contribution in [0, 0.1) is 0 Å². The van der Waals surface area contributed by atoms with Gasteiger partial charge in [-0.05, 0) is 90.2 Å². The number of benzene rings is 1. The lowest BCUT2D eigenvalue weighted by molar-refractivity contribution is 0.0156. The molecule has 1 fully saturated rings. The fourth-order valence-electron chi connectivity index (χ4n) is 3.87. The molecule has 1 aromatic carbocycles. The van der Waals surface area contributed by atoms with Crippen molar-refractivity contribution in [3.63, 3.8) is 0 Å². The van der Waals surface area contributed by atoms with Crippen molar-refractivity contribution in [2.75, 3.05) is 27.2 Å². The van der Waals surface area contributed by atoms with Crippen LogP contribution >= 0.6 is 15.9 Å². The smallest absolute Gasteiger partial charge is 0.243 e. The van der Waals surface area contributed by atoms with Crippen molar-refractivity contribution in [2.45, 2.75) is 88.3 Å². The van der Waals surface area contributed by atoms with E-state index in [9.17, 15) is 8.42 Å². The molecule has 1 aromatic rings. The predicted molar refractivity (Wildman–Crippen MR) is 127 cm³/mol. The molecule has 0 saturated heterocycles. The van der Waals surface area contributed by atoms with E-state index in [0.717, 1.165) is 43.2 Å². The van der Waals surface area contributed by atoms with E-state index in [0.29, 0.717) is 10.9 Å². The standard InChI is InChI=1S/C23H39BrN2O3S/c1-19(2)25(3)17-7-5-6-8-18-29-22-13-11-21(12-14-22)26(4)30(27,28)23-15-9-20(24)10-16-23/h9-10,15-16,19,21-22H,5-8,11-14,17-18H2,1-4H3. The molecule has 1 aliphatic carbocycles. The molecule has 7 heteroatoms. The fraction of sp³-hybridized carbons (Fsp3) is 0.739. The largest absolute Gasteiger partial charge is 0.378 e. The van der Waals surface area contributed by atoms with Gasteiger partial charge in [-0.1, -0.05) is 28.8 Å². The molecule has 0 atom stereocenters. The molecule has 0 unspecified atom stereocenters. The van der Waals surface area contributed by atoms with Crippen LogP contribution in [0.25, 0.3) is 0 Å². The van der Waals surface area contributed by atoms with Crippen molar-refractivity contribution in [1.29, 1.82) is 0 Å². The number of unbranched alkanes of at least 4 members (excludes halogenated alkanes) is 3. The van der Waals surface area contributed by atoms with Gasteiger partial charge in [-0.2, -0.15) is 4.31 Å². The van der Waals surface area contributed by atoms with Crippen LogP contribution in [-0.4, -0.2) is 63.1 Å². The maximum Gasteiger partial charge on any atom is 0.243 e. The minimum atomic E-state index is -3.45. The fourth-order valence-corrected chi connectivity index (χ4v) is 5.55. The van der Waals surface area contributed by atoms with Crippen LogP contribution in [0.2, 0.25) is 0 Å². The second-order valence-corrected chi connectivity index (χ2v) is 11.7. The van der Waals surface area contributed by atoms with Crippen LogP contribution in [0.15, 0.2) is 33.6 Å². The SMILES string of the molecule is CC(C)N(C)CCCCCCOC1CCC(N(C)S(=O)(=O)c2ccc(Br)cc2)CC1. The molecular formula is C23H39BrN2O3S. The first-order valence-electron chi connectivity index (χ1n) is 11.3. The summed E-state index contributed by atoms with van der Waals surface area (Å²) in [5.74, 6) is 0. The quantitative estimate of drug-likeness (QED) is 0.364. The van der Waals surface area contributed by atoms with Crippen LogP contribution in [0.1, 0.15) is 65.2 Å². The summed E-state index contributed by atoms with van der Waals surface area (Å²) in [6, 6.07) is 7.53. The first-order valence-corrected chi connectivity index (χ1v) is 13.5. The average Bonchev–Trinajstić information content (AvgIpc) is 2.73. The van der Waals surface area contributed by atoms with Gasteiger partial charge < -0.3 is 9.64 Å². The number of ether oxygens (including phenoxy) is 1. The van der Waals surface area contributed by atoms with Gasteiger partial charge in [0.25, 0.3) is 0 Å². The molecular weight excluding hydrogens is 464 g/mol. The summed E-state index contributed by atoms with van der Waals surface area (Å²) >= 11 is 3.36. The topological polar surface area (TPSA) is 49.9 Å². The van der Waals surface area contributed by atoms with Crippen LogP contribution < -0.4 is 0 Å². The Labute approximate surface area is 192 Å². The monoisotopic (exact) mass is 502 g/mol. The Hall–Kier alpha value is -0.470. The van der Waals surface area contributed by atoms with Crippen molar-refractivity contribution in [3.05, 3.63) is 28.7 Å². The third-order valence-electron chi connectivity index (χ3n) is 6.29. The summed E-state index contributed by atoms with van der Waals surface area (Å²) in [6.07, 6.45) is 8.70. The summed E-state index contributed by atoms with van der Waals surface area (Å²) in [7, 11) is 0.448. The Morgan fingerprint density at radius 2 is 1.60 bits per heavy atom. The summed E-state index contributed by atoms with van der Waals surface area (Å²) < 4.78 is 34.3. The van der Waals surface area contributed by atoms with Gasteiger partial charge in [0.05, 0.1) is 11.0 Å². The summed E-state index contributed by atoms with van der Waals surface area (Å²) in [5, 5.41) is 0. The molecule has 0 aliphatic heterocycles. The second kappa shape index (κ2) is 12.5. The molecule has 0 spiro atoms. The second-order valence-electron chi connectivity index (χ2n) is 8.77. The highest BCUT2D eigenvalue weighted by atomic mass is 79.9. The van der Waals surface area contributed by atoms with E-state index >= 15 is 0 Å². The Kier molecular flexibility index (Phi) is 10.8. The Morgan fingerprint density at radius 1 is 1.00 bits per heavy atom. The van der Waals surface area contributed by atoms with Crippen LogP contribution in [-0.2, 0) is 14.8 Å². The number of hydrogen-bond donors (Lipinski definition) is 0. The van der Waals surface area contributed by atoms with E-state index < -0.39 is 10.0 Å². The molecule has 30 heavy (non-hydrogen) atoms. The third kappa shape index (κ3) is 7.90. The van der Waals surface area contributed by atoms with E-state index in [1.165, 1.54) is 25.8 Å². The summed E-state index contributed by atoms with van der Waals surface area (Å²) in [6.45, 7) is 6.45. The third-order valence-corrected chi connectivity index (χ3v) is 8.74. The number of sulfonamides is 1. The Balaban J connectivity index is 1.64. The van der Waals surface area contributed by atoms with Crippen molar-refractivity contribution in [1.82, 2.24) is 9.21 Å². The molecule has 0 aromatic heterocycles. The van der Waals surface area contributed by atoms with E-state index in [2.05, 4.69) is 41.7 Å². The lowest BCUT2D eigenvalue weighted by Crippen LogP contribution is -2.40. The van der Waals surface area contributed by atoms with E-state index in [4.69, 9.17) is 4.74 Å². The molecule has 2 rings (SSSR count). The van der Waals surface area contributed by atoms with Crippen molar-refractivity contribution in [3.8, 4) is 0 Å². The zero-order chi connectivity index (χ0) is 22.1. The zero-order valence-corrected chi connectivity index (χ0v) is 21.4. The van der Waals surface area contributed by atoms with Gasteiger partial charge in [-0.25, -0.2) is 8.42 Å². The normalized spacial score (nSPS) is 20.4. The Morgan fingerprint density at radius 3 is 2.20 bits per heavy atom. The van der Waals surface area contributed by atoms with Crippen molar-refractivity contribution < 1.29 is 13.2 Å². The first-order chi connectivity index (χ1) is 14.2. The maximum atomic E-state index is 12.9. The van der Waals surface area contributed by atoms with Gasteiger partial charge in [0.2, 0.25) is 10.0 Å². The number of nitrogens with zero attached hydrogens (tertiary/aromatic N) is 2. The van der Waals surface area contributed by atoms with Crippen LogP contribution in [0.4, 0.5) is 0 Å². The maximum absolute atomic E-state index is 12.9. The molecule has 0 amide bonds. The predicted octanol–water partition coefficient (Wildman–Crippen LogP) is 5.30. The molecule has 0 heterocycles. The summed E-state index contributed by atoms with van der Waals surface area (Å²) in [5.41, 5.74) is 0. The van der Waals surface area contributed by atoms with Gasteiger partial charge >= 0.3 is 0 Å². The van der Waals surface area contributed by atoms with Gasteiger partial charge in [0.15, 0.2) is 0 Å². The number of hydrogen-bond acceptors (Lipinski definition) is 4. The van der Waals surface area contributed by atoms with Crippen LogP contribution in [0.5, 0.6) is 0 Å². The minimum absolute atomic E-state index is 0.0523. The molecule has 0 radical (unpaired) electrons. The zero-order valence-electron chi connectivity index (χ0n) is 19.0. The van der Waals surface area contributed by atoms with E-state index in [1.54, 1.807) is 35.6 Å². The number of halogens is 1. The van der Waals surface area contributed by atoms with Gasteiger partial charge in [-0.15, -0.1) is 0 Å². The lowest BCUT2D eigenvalue weighted by atomic mass is 9.93. The average molecular weight is 504 g/mol. The molecule has 1 saturated carbocycles. The van der Waals surface area contributed by atoms with Gasteiger partial charge in [0, 0.05) is 30.2 Å². The number of rotatable bonds is 12. The summed E-state index contributed by atoms with van der Waals surface area (Å²) in [4.78, 5) is 2.74. The molecule has 0 bridgehead atoms. The molecule has 5 nitrogen and oxygen atoms in total. The highest BCUT2D eigenvalue weighted by Gasteiger charge is 2.31. The molecule has 0 N–H and O–H groups in total.